The Bertz CT molecular complexity index is 537. The van der Waals surface area contributed by atoms with Crippen molar-refractivity contribution in [3.8, 4) is 0 Å². The number of hydrogen-bond acceptors (Lipinski definition) is 3. The van der Waals surface area contributed by atoms with E-state index in [1.165, 1.54) is 29.2 Å². The first-order chi connectivity index (χ1) is 8.83. The van der Waals surface area contributed by atoms with E-state index in [2.05, 4.69) is 28.5 Å². The van der Waals surface area contributed by atoms with E-state index < -0.39 is 0 Å². The number of nitrogens with zero attached hydrogens (tertiary/aromatic N) is 1. The molecule has 1 heterocycles. The van der Waals surface area contributed by atoms with E-state index >= 15 is 0 Å². The standard InChI is InChI=1S/C15H18N2O/c18-15(12-3-4-12)10-17-8-11-1-2-14-9-16-6-5-13(14)7-11/h1-2,5-7,9,12,15,17-18H,3-4,8,10H2. The second kappa shape index (κ2) is 5.04. The first kappa shape index (κ1) is 11.6. The van der Waals surface area contributed by atoms with E-state index in [1.807, 2.05) is 18.5 Å². The summed E-state index contributed by atoms with van der Waals surface area (Å²) in [6, 6.07) is 8.41. The van der Waals surface area contributed by atoms with Gasteiger partial charge in [0.15, 0.2) is 0 Å². The smallest absolute Gasteiger partial charge is 0.0692 e. The molecule has 3 rings (SSSR count). The molecule has 1 fully saturated rings. The predicted molar refractivity (Wildman–Crippen MR) is 72.2 cm³/mol. The molecule has 0 spiro atoms. The van der Waals surface area contributed by atoms with Crippen LogP contribution in [0, 0.1) is 5.92 Å². The lowest BCUT2D eigenvalue weighted by atomic mass is 10.1. The monoisotopic (exact) mass is 242 g/mol. The topological polar surface area (TPSA) is 45.1 Å². The summed E-state index contributed by atoms with van der Waals surface area (Å²) < 4.78 is 0. The second-order valence-electron chi connectivity index (χ2n) is 5.09. The van der Waals surface area contributed by atoms with Gasteiger partial charge in [0.05, 0.1) is 6.10 Å². The van der Waals surface area contributed by atoms with Crippen LogP contribution < -0.4 is 5.32 Å². The molecule has 1 aliphatic carbocycles. The fourth-order valence-electron chi connectivity index (χ4n) is 2.25. The van der Waals surface area contributed by atoms with Crippen LogP contribution in [-0.2, 0) is 6.54 Å². The molecule has 0 saturated heterocycles. The number of pyridine rings is 1. The molecule has 18 heavy (non-hydrogen) atoms. The van der Waals surface area contributed by atoms with Crippen molar-refractivity contribution >= 4 is 10.8 Å². The van der Waals surface area contributed by atoms with Crippen LogP contribution in [-0.4, -0.2) is 22.7 Å². The summed E-state index contributed by atoms with van der Waals surface area (Å²) in [5.41, 5.74) is 1.25. The van der Waals surface area contributed by atoms with Crippen molar-refractivity contribution in [2.24, 2.45) is 5.92 Å². The molecule has 2 aromatic rings. The molecular weight excluding hydrogens is 224 g/mol. The van der Waals surface area contributed by atoms with Crippen molar-refractivity contribution in [2.75, 3.05) is 6.54 Å². The van der Waals surface area contributed by atoms with Crippen molar-refractivity contribution in [3.05, 3.63) is 42.2 Å². The van der Waals surface area contributed by atoms with Gasteiger partial charge in [0.25, 0.3) is 0 Å². The summed E-state index contributed by atoms with van der Waals surface area (Å²) in [6.45, 7) is 1.50. The van der Waals surface area contributed by atoms with Crippen LogP contribution in [0.5, 0.6) is 0 Å². The van der Waals surface area contributed by atoms with Crippen LogP contribution in [0.1, 0.15) is 18.4 Å². The van der Waals surface area contributed by atoms with E-state index in [-0.39, 0.29) is 6.10 Å². The Kier molecular flexibility index (Phi) is 3.26. The van der Waals surface area contributed by atoms with Crippen molar-refractivity contribution in [3.63, 3.8) is 0 Å². The zero-order valence-corrected chi connectivity index (χ0v) is 10.3. The van der Waals surface area contributed by atoms with Crippen LogP contribution in [0.4, 0.5) is 0 Å². The summed E-state index contributed by atoms with van der Waals surface area (Å²) in [5.74, 6) is 0.542. The molecule has 94 valence electrons. The van der Waals surface area contributed by atoms with Crippen LogP contribution in [0.25, 0.3) is 10.8 Å². The summed E-state index contributed by atoms with van der Waals surface area (Å²) in [4.78, 5) is 4.11. The Morgan fingerprint density at radius 1 is 1.28 bits per heavy atom. The largest absolute Gasteiger partial charge is 0.392 e. The Hall–Kier alpha value is -1.45. The minimum Gasteiger partial charge on any atom is -0.392 e. The first-order valence-corrected chi connectivity index (χ1v) is 6.54. The lowest BCUT2D eigenvalue weighted by molar-refractivity contribution is 0.148. The Morgan fingerprint density at radius 3 is 3.00 bits per heavy atom. The normalized spacial score (nSPS) is 16.9. The molecule has 1 unspecified atom stereocenters. The van der Waals surface area contributed by atoms with Crippen molar-refractivity contribution in [1.82, 2.24) is 10.3 Å². The highest BCUT2D eigenvalue weighted by Crippen LogP contribution is 2.32. The van der Waals surface area contributed by atoms with Gasteiger partial charge in [-0.05, 0) is 41.8 Å². The number of rotatable bonds is 5. The fourth-order valence-corrected chi connectivity index (χ4v) is 2.25. The molecule has 0 amide bonds. The summed E-state index contributed by atoms with van der Waals surface area (Å²) in [5, 5.41) is 15.5. The molecule has 1 aromatic carbocycles. The predicted octanol–water partition coefficient (Wildman–Crippen LogP) is 2.10. The van der Waals surface area contributed by atoms with Gasteiger partial charge in [0, 0.05) is 30.9 Å². The third kappa shape index (κ3) is 2.68. The zero-order valence-electron chi connectivity index (χ0n) is 10.3. The van der Waals surface area contributed by atoms with Crippen molar-refractivity contribution in [2.45, 2.75) is 25.5 Å². The van der Waals surface area contributed by atoms with Crippen LogP contribution in [0.2, 0.25) is 0 Å². The molecule has 2 N–H and O–H groups in total. The molecule has 1 aromatic heterocycles. The maximum absolute atomic E-state index is 9.77. The lowest BCUT2D eigenvalue weighted by Gasteiger charge is -2.10. The molecule has 3 nitrogen and oxygen atoms in total. The number of hydrogen-bond donors (Lipinski definition) is 2. The SMILES string of the molecule is OC(CNCc1ccc2cnccc2c1)C1CC1. The molecule has 0 bridgehead atoms. The number of fused-ring (bicyclic) bond motifs is 1. The minimum absolute atomic E-state index is 0.172. The van der Waals surface area contributed by atoms with Crippen molar-refractivity contribution < 1.29 is 5.11 Å². The highest BCUT2D eigenvalue weighted by atomic mass is 16.3. The maximum atomic E-state index is 9.77. The van der Waals surface area contributed by atoms with Gasteiger partial charge in [-0.1, -0.05) is 12.1 Å². The van der Waals surface area contributed by atoms with Gasteiger partial charge in [0.1, 0.15) is 0 Å². The van der Waals surface area contributed by atoms with E-state index in [1.54, 1.807) is 0 Å². The molecule has 1 atom stereocenters. The van der Waals surface area contributed by atoms with Crippen LogP contribution in [0.15, 0.2) is 36.7 Å². The number of aliphatic hydroxyl groups excluding tert-OH is 1. The van der Waals surface area contributed by atoms with Gasteiger partial charge >= 0.3 is 0 Å². The average Bonchev–Trinajstić information content (AvgIpc) is 3.23. The van der Waals surface area contributed by atoms with Gasteiger partial charge in [-0.15, -0.1) is 0 Å². The second-order valence-corrected chi connectivity index (χ2v) is 5.09. The molecule has 3 heteroatoms. The lowest BCUT2D eigenvalue weighted by Crippen LogP contribution is -2.27. The summed E-state index contributed by atoms with van der Waals surface area (Å²) >= 11 is 0. The number of nitrogens with one attached hydrogen (secondary N) is 1. The van der Waals surface area contributed by atoms with Gasteiger partial charge in [-0.2, -0.15) is 0 Å². The number of benzene rings is 1. The molecule has 0 radical (unpaired) electrons. The average molecular weight is 242 g/mol. The van der Waals surface area contributed by atoms with Crippen molar-refractivity contribution in [1.29, 1.82) is 0 Å². The van der Waals surface area contributed by atoms with Gasteiger partial charge in [-0.3, -0.25) is 4.98 Å². The zero-order chi connectivity index (χ0) is 12.4. The minimum atomic E-state index is -0.172. The van der Waals surface area contributed by atoms with E-state index in [0.717, 1.165) is 6.54 Å². The number of aromatic nitrogens is 1. The quantitative estimate of drug-likeness (QED) is 0.844. The summed E-state index contributed by atoms with van der Waals surface area (Å²) in [7, 11) is 0. The molecule has 1 aliphatic rings. The molecule has 1 saturated carbocycles. The van der Waals surface area contributed by atoms with Gasteiger partial charge in [-0.25, -0.2) is 0 Å². The summed E-state index contributed by atoms with van der Waals surface area (Å²) in [6.07, 6.45) is 5.90. The maximum Gasteiger partial charge on any atom is 0.0692 e. The highest BCUT2D eigenvalue weighted by Gasteiger charge is 2.28. The Balaban J connectivity index is 1.60. The third-order valence-corrected chi connectivity index (χ3v) is 3.55. The van der Waals surface area contributed by atoms with E-state index in [9.17, 15) is 5.11 Å². The number of aliphatic hydroxyl groups is 1. The Morgan fingerprint density at radius 2 is 2.17 bits per heavy atom. The third-order valence-electron chi connectivity index (χ3n) is 3.55. The van der Waals surface area contributed by atoms with Gasteiger partial charge < -0.3 is 10.4 Å². The van der Waals surface area contributed by atoms with E-state index in [4.69, 9.17) is 0 Å². The Labute approximate surface area is 107 Å². The van der Waals surface area contributed by atoms with Gasteiger partial charge in [0.2, 0.25) is 0 Å². The fraction of sp³-hybridized carbons (Fsp3) is 0.400. The molecular formula is C15H18N2O. The van der Waals surface area contributed by atoms with Crippen LogP contribution >= 0.6 is 0 Å². The first-order valence-electron chi connectivity index (χ1n) is 6.54. The van der Waals surface area contributed by atoms with Crippen LogP contribution in [0.3, 0.4) is 0 Å². The van der Waals surface area contributed by atoms with E-state index in [0.29, 0.717) is 12.5 Å². The molecule has 0 aliphatic heterocycles. The highest BCUT2D eigenvalue weighted by molar-refractivity contribution is 5.81.